The van der Waals surface area contributed by atoms with Gasteiger partial charge < -0.3 is 15.6 Å². The lowest BCUT2D eigenvalue weighted by Crippen LogP contribution is -2.47. The van der Waals surface area contributed by atoms with Gasteiger partial charge in [-0.3, -0.25) is 24.7 Å². The Balaban J connectivity index is 1.19. The quantitative estimate of drug-likeness (QED) is 0.324. The third kappa shape index (κ3) is 4.86. The van der Waals surface area contributed by atoms with Crippen LogP contribution >= 0.6 is 11.6 Å². The third-order valence-corrected chi connectivity index (χ3v) is 6.54. The fourth-order valence-corrected chi connectivity index (χ4v) is 4.88. The average Bonchev–Trinajstić information content (AvgIpc) is 3.24. The Kier molecular flexibility index (Phi) is 6.14. The van der Waals surface area contributed by atoms with Crippen molar-refractivity contribution in [2.24, 2.45) is 5.92 Å². The minimum absolute atomic E-state index is 0.0262. The van der Waals surface area contributed by atoms with E-state index in [4.69, 9.17) is 11.6 Å². The van der Waals surface area contributed by atoms with Crippen molar-refractivity contribution in [2.45, 2.75) is 50.6 Å². The molecule has 10 nitrogen and oxygen atoms in total. The van der Waals surface area contributed by atoms with Crippen LogP contribution in [0.5, 0.6) is 0 Å². The monoisotopic (exact) mass is 481 g/mol. The first-order chi connectivity index (χ1) is 16.4. The van der Waals surface area contributed by atoms with Crippen molar-refractivity contribution in [3.8, 4) is 11.1 Å². The van der Waals surface area contributed by atoms with E-state index in [2.05, 4.69) is 35.9 Å². The Labute approximate surface area is 200 Å². The highest BCUT2D eigenvalue weighted by molar-refractivity contribution is 6.29. The summed E-state index contributed by atoms with van der Waals surface area (Å²) in [6.45, 7) is 0. The predicted molar refractivity (Wildman–Crippen MR) is 126 cm³/mol. The zero-order chi connectivity index (χ0) is 23.7. The molecule has 5 rings (SSSR count). The summed E-state index contributed by atoms with van der Waals surface area (Å²) in [7, 11) is 0. The number of aromatic nitrogens is 4. The molecule has 34 heavy (non-hydrogen) atoms. The van der Waals surface area contributed by atoms with E-state index in [1.165, 1.54) is 0 Å². The SMILES string of the molecule is O=C1CC(C(=O)N[C@H]2CC[C@H](Nc3cc(-c4c[nH]c5nccnc45)cc(Cl)n3)CC2)CC(=O)N1. The highest BCUT2D eigenvalue weighted by Crippen LogP contribution is 2.31. The molecule has 1 aliphatic heterocycles. The van der Waals surface area contributed by atoms with E-state index in [1.54, 1.807) is 18.5 Å². The van der Waals surface area contributed by atoms with E-state index in [0.717, 1.165) is 42.3 Å². The molecule has 0 unspecified atom stereocenters. The van der Waals surface area contributed by atoms with Crippen LogP contribution in [0.1, 0.15) is 38.5 Å². The number of halogens is 1. The number of anilines is 1. The first-order valence-electron chi connectivity index (χ1n) is 11.3. The van der Waals surface area contributed by atoms with Crippen molar-refractivity contribution >= 4 is 46.3 Å². The standard InChI is InChI=1S/C23H24ClN7O3/c24-17-7-12(16-11-27-22-21(16)25-5-6-26-22)8-18(30-17)28-14-1-3-15(4-2-14)29-23(34)13-9-19(32)31-20(33)10-13/h5-8,11,13-15H,1-4,9-10H2,(H,26,27)(H,28,30)(H,29,34)(H,31,32,33)/t14-,15-. The Bertz CT molecular complexity index is 1240. The molecule has 3 aromatic rings. The second-order valence-electron chi connectivity index (χ2n) is 8.80. The minimum atomic E-state index is -0.583. The summed E-state index contributed by atoms with van der Waals surface area (Å²) < 4.78 is 0. The number of piperidine rings is 1. The maximum Gasteiger partial charge on any atom is 0.227 e. The Morgan fingerprint density at radius 2 is 1.71 bits per heavy atom. The summed E-state index contributed by atoms with van der Waals surface area (Å²) in [6, 6.07) is 3.96. The van der Waals surface area contributed by atoms with Crippen LogP contribution in [0.2, 0.25) is 5.15 Å². The maximum absolute atomic E-state index is 12.5. The molecule has 4 heterocycles. The summed E-state index contributed by atoms with van der Waals surface area (Å²) in [6.07, 6.45) is 8.53. The first-order valence-corrected chi connectivity index (χ1v) is 11.7. The van der Waals surface area contributed by atoms with Crippen molar-refractivity contribution in [3.05, 3.63) is 35.9 Å². The molecule has 0 spiro atoms. The minimum Gasteiger partial charge on any atom is -0.367 e. The second kappa shape index (κ2) is 9.38. The molecule has 0 radical (unpaired) electrons. The Morgan fingerprint density at radius 1 is 1.00 bits per heavy atom. The van der Waals surface area contributed by atoms with Crippen molar-refractivity contribution < 1.29 is 14.4 Å². The van der Waals surface area contributed by atoms with E-state index < -0.39 is 17.7 Å². The van der Waals surface area contributed by atoms with Crippen LogP contribution in [0.4, 0.5) is 5.82 Å². The number of rotatable bonds is 5. The van der Waals surface area contributed by atoms with Gasteiger partial charge in [0.2, 0.25) is 17.7 Å². The summed E-state index contributed by atoms with van der Waals surface area (Å²) in [5, 5.41) is 9.10. The summed E-state index contributed by atoms with van der Waals surface area (Å²) in [4.78, 5) is 51.8. The maximum atomic E-state index is 12.5. The molecule has 0 aromatic carbocycles. The number of carbonyl (C=O) groups is 3. The normalized spacial score (nSPS) is 21.3. The van der Waals surface area contributed by atoms with Gasteiger partial charge in [0.25, 0.3) is 0 Å². The zero-order valence-electron chi connectivity index (χ0n) is 18.3. The first kappa shape index (κ1) is 22.3. The molecule has 2 fully saturated rings. The number of aromatic amines is 1. The van der Waals surface area contributed by atoms with Crippen LogP contribution in [0.25, 0.3) is 22.3 Å². The van der Waals surface area contributed by atoms with Crippen molar-refractivity contribution in [1.82, 2.24) is 30.6 Å². The fourth-order valence-electron chi connectivity index (χ4n) is 4.67. The average molecular weight is 482 g/mol. The van der Waals surface area contributed by atoms with Gasteiger partial charge in [0.15, 0.2) is 5.65 Å². The number of nitrogens with zero attached hydrogens (tertiary/aromatic N) is 3. The molecule has 3 amide bonds. The molecule has 1 saturated carbocycles. The van der Waals surface area contributed by atoms with Crippen molar-refractivity contribution in [1.29, 1.82) is 0 Å². The fraction of sp³-hybridized carbons (Fsp3) is 0.391. The zero-order valence-corrected chi connectivity index (χ0v) is 19.1. The molecular formula is C23H24ClN7O3. The number of amides is 3. The molecule has 11 heteroatoms. The lowest BCUT2D eigenvalue weighted by atomic mass is 9.89. The van der Waals surface area contributed by atoms with E-state index in [1.807, 2.05) is 12.3 Å². The van der Waals surface area contributed by atoms with Crippen LogP contribution in [-0.2, 0) is 14.4 Å². The van der Waals surface area contributed by atoms with Gasteiger partial charge >= 0.3 is 0 Å². The summed E-state index contributed by atoms with van der Waals surface area (Å²) >= 11 is 6.31. The molecule has 0 atom stereocenters. The molecule has 176 valence electrons. The third-order valence-electron chi connectivity index (χ3n) is 6.35. The molecule has 0 bridgehead atoms. The highest BCUT2D eigenvalue weighted by Gasteiger charge is 2.32. The number of imide groups is 1. The van der Waals surface area contributed by atoms with Crippen molar-refractivity contribution in [2.75, 3.05) is 5.32 Å². The van der Waals surface area contributed by atoms with E-state index >= 15 is 0 Å². The van der Waals surface area contributed by atoms with Crippen LogP contribution in [0.15, 0.2) is 30.7 Å². The van der Waals surface area contributed by atoms with Gasteiger partial charge in [0, 0.05) is 49.1 Å². The van der Waals surface area contributed by atoms with Gasteiger partial charge in [0.05, 0.1) is 5.92 Å². The van der Waals surface area contributed by atoms with Crippen LogP contribution < -0.4 is 16.0 Å². The van der Waals surface area contributed by atoms with Crippen LogP contribution in [-0.4, -0.2) is 49.7 Å². The lowest BCUT2D eigenvalue weighted by Gasteiger charge is -2.31. The molecular weight excluding hydrogens is 458 g/mol. The summed E-state index contributed by atoms with van der Waals surface area (Å²) in [5.74, 6) is -0.905. The topological polar surface area (TPSA) is 142 Å². The molecule has 3 aromatic heterocycles. The summed E-state index contributed by atoms with van der Waals surface area (Å²) in [5.41, 5.74) is 3.26. The number of hydrogen-bond donors (Lipinski definition) is 4. The lowest BCUT2D eigenvalue weighted by molar-refractivity contribution is -0.140. The van der Waals surface area contributed by atoms with Gasteiger partial charge in [-0.05, 0) is 43.4 Å². The van der Waals surface area contributed by atoms with Crippen LogP contribution in [0.3, 0.4) is 0 Å². The van der Waals surface area contributed by atoms with E-state index in [0.29, 0.717) is 16.6 Å². The number of nitrogens with one attached hydrogen (secondary N) is 4. The van der Waals surface area contributed by atoms with Gasteiger partial charge in [-0.1, -0.05) is 11.6 Å². The smallest absolute Gasteiger partial charge is 0.227 e. The number of fused-ring (bicyclic) bond motifs is 1. The van der Waals surface area contributed by atoms with E-state index in [-0.39, 0.29) is 30.8 Å². The Morgan fingerprint density at radius 3 is 2.47 bits per heavy atom. The number of carbonyl (C=O) groups excluding carboxylic acids is 3. The van der Waals surface area contributed by atoms with Gasteiger partial charge in [-0.2, -0.15) is 0 Å². The van der Waals surface area contributed by atoms with Crippen molar-refractivity contribution in [3.63, 3.8) is 0 Å². The second-order valence-corrected chi connectivity index (χ2v) is 9.18. The van der Waals surface area contributed by atoms with Gasteiger partial charge in [-0.15, -0.1) is 0 Å². The molecule has 1 aliphatic carbocycles. The predicted octanol–water partition coefficient (Wildman–Crippen LogP) is 2.57. The number of hydrogen-bond acceptors (Lipinski definition) is 7. The molecule has 1 saturated heterocycles. The Hall–Kier alpha value is -3.53. The molecule has 2 aliphatic rings. The van der Waals surface area contributed by atoms with Gasteiger partial charge in [0.1, 0.15) is 16.5 Å². The molecule has 4 N–H and O–H groups in total. The number of pyridine rings is 1. The van der Waals surface area contributed by atoms with Crippen LogP contribution in [0, 0.1) is 5.92 Å². The van der Waals surface area contributed by atoms with E-state index in [9.17, 15) is 14.4 Å². The largest absolute Gasteiger partial charge is 0.367 e. The highest BCUT2D eigenvalue weighted by atomic mass is 35.5. The number of H-pyrrole nitrogens is 1. The van der Waals surface area contributed by atoms with Gasteiger partial charge in [-0.25, -0.2) is 9.97 Å².